The predicted molar refractivity (Wildman–Crippen MR) is 164 cm³/mol. The van der Waals surface area contributed by atoms with Crippen LogP contribution in [-0.4, -0.2) is 82.7 Å². The Kier molecular flexibility index (Phi) is 13.3. The van der Waals surface area contributed by atoms with E-state index < -0.39 is 17.6 Å². The number of rotatable bonds is 12. The fourth-order valence-corrected chi connectivity index (χ4v) is 5.93. The summed E-state index contributed by atoms with van der Waals surface area (Å²) in [5, 5.41) is 9.99. The number of hydrogen-bond acceptors (Lipinski definition) is 11. The first kappa shape index (κ1) is 34.4. The van der Waals surface area contributed by atoms with Crippen molar-refractivity contribution in [3.05, 3.63) is 52.3 Å². The summed E-state index contributed by atoms with van der Waals surface area (Å²) in [5.74, 6) is 1.03. The van der Waals surface area contributed by atoms with Crippen molar-refractivity contribution in [1.29, 1.82) is 0 Å². The molecule has 43 heavy (non-hydrogen) atoms. The predicted octanol–water partition coefficient (Wildman–Crippen LogP) is 4.65. The molecule has 3 N–H and O–H groups in total. The molecule has 10 nitrogen and oxygen atoms in total. The topological polar surface area (TPSA) is 124 Å². The van der Waals surface area contributed by atoms with Crippen LogP contribution < -0.4 is 14.9 Å². The summed E-state index contributed by atoms with van der Waals surface area (Å²) in [4.78, 5) is 41.8. The molecule has 4 rings (SSSR count). The highest BCUT2D eigenvalue weighted by Gasteiger charge is 2.31. The molecule has 1 aliphatic rings. The Balaban J connectivity index is 0.00000248. The quantitative estimate of drug-likeness (QED) is 0.147. The van der Waals surface area contributed by atoms with Gasteiger partial charge in [-0.1, -0.05) is 30.2 Å². The third-order valence-electron chi connectivity index (χ3n) is 6.37. The number of carbonyl (C=O) groups excluding carboxylic acids is 2. The summed E-state index contributed by atoms with van der Waals surface area (Å²) in [6, 6.07) is 3.84. The maximum absolute atomic E-state index is 13.5. The number of hydrogen-bond donors (Lipinski definition) is 3. The third-order valence-corrected chi connectivity index (χ3v) is 8.30. The highest BCUT2D eigenvalue weighted by Crippen LogP contribution is 2.37. The number of amides is 1. The van der Waals surface area contributed by atoms with Gasteiger partial charge in [-0.2, -0.15) is 13.2 Å². The Morgan fingerprint density at radius 1 is 1.14 bits per heavy atom. The number of alkyl halides is 3. The van der Waals surface area contributed by atoms with Crippen molar-refractivity contribution in [3.63, 3.8) is 0 Å². The van der Waals surface area contributed by atoms with Crippen molar-refractivity contribution < 1.29 is 27.9 Å². The summed E-state index contributed by atoms with van der Waals surface area (Å²) >= 11 is 2.72. The number of piperazine rings is 1. The van der Waals surface area contributed by atoms with Gasteiger partial charge in [-0.3, -0.25) is 19.7 Å². The maximum Gasteiger partial charge on any atom is 0.416 e. The van der Waals surface area contributed by atoms with Gasteiger partial charge < -0.3 is 14.8 Å². The maximum atomic E-state index is 13.5. The smallest absolute Gasteiger partial charge is 0.400 e. The fraction of sp³-hybridized carbons (Fsp3) is 0.464. The van der Waals surface area contributed by atoms with Gasteiger partial charge >= 0.3 is 6.18 Å². The molecular weight excluding hydrogens is 603 g/mol. The molecule has 3 heterocycles. The first-order chi connectivity index (χ1) is 20.7. The van der Waals surface area contributed by atoms with Crippen LogP contribution in [0.4, 0.5) is 24.1 Å². The highest BCUT2D eigenvalue weighted by atomic mass is 32.2. The molecule has 0 aliphatic carbocycles. The zero-order chi connectivity index (χ0) is 31.4. The van der Waals surface area contributed by atoms with Gasteiger partial charge in [0, 0.05) is 69.0 Å². The standard InChI is InChI=1S/C27H32F3N7O2S2.CH4O/c1-3-11-40-33-16-22-24(19-12-18(2)13-20(14-19)27(28,29)30)34-26(41-22)35-25(39)21-15-32-23(17-31-21)37-8-6-36(7-9-37)5-4-10-38;1-2/h10,12-15,17,33H,3-9,11,16H2,1-2H3,(H,34,35,39);2H,1H3. The van der Waals surface area contributed by atoms with Gasteiger partial charge in [0.15, 0.2) is 5.13 Å². The van der Waals surface area contributed by atoms with Crippen molar-refractivity contribution >= 4 is 46.4 Å². The van der Waals surface area contributed by atoms with Crippen LogP contribution in [0.1, 0.15) is 46.3 Å². The molecule has 1 aliphatic heterocycles. The van der Waals surface area contributed by atoms with E-state index in [9.17, 15) is 22.8 Å². The van der Waals surface area contributed by atoms with E-state index in [2.05, 4.69) is 41.7 Å². The van der Waals surface area contributed by atoms with E-state index >= 15 is 0 Å². The number of anilines is 2. The molecule has 0 unspecified atom stereocenters. The van der Waals surface area contributed by atoms with Crippen molar-refractivity contribution in [1.82, 2.24) is 24.6 Å². The minimum absolute atomic E-state index is 0.100. The number of aldehydes is 1. The number of nitrogens with one attached hydrogen (secondary N) is 2. The van der Waals surface area contributed by atoms with Crippen LogP contribution in [0.2, 0.25) is 0 Å². The Morgan fingerprint density at radius 3 is 2.51 bits per heavy atom. The molecule has 3 aromatic rings. The van der Waals surface area contributed by atoms with E-state index in [0.29, 0.717) is 40.5 Å². The normalized spacial score (nSPS) is 13.8. The second kappa shape index (κ2) is 16.7. The van der Waals surface area contributed by atoms with E-state index in [1.807, 2.05) is 0 Å². The van der Waals surface area contributed by atoms with Gasteiger partial charge in [0.1, 0.15) is 17.8 Å². The molecule has 1 aromatic carbocycles. The Hall–Kier alpha value is -3.11. The van der Waals surface area contributed by atoms with Crippen LogP contribution in [0.5, 0.6) is 0 Å². The summed E-state index contributed by atoms with van der Waals surface area (Å²) in [5.41, 5.74) is 0.538. The fourth-order valence-electron chi connectivity index (χ4n) is 4.32. The zero-order valence-corrected chi connectivity index (χ0v) is 25.9. The van der Waals surface area contributed by atoms with Gasteiger partial charge in [0.05, 0.1) is 23.7 Å². The summed E-state index contributed by atoms with van der Waals surface area (Å²) in [7, 11) is 1.00. The van der Waals surface area contributed by atoms with Gasteiger partial charge in [0.25, 0.3) is 5.91 Å². The molecule has 0 spiro atoms. The van der Waals surface area contributed by atoms with Crippen LogP contribution >= 0.6 is 23.3 Å². The summed E-state index contributed by atoms with van der Waals surface area (Å²) in [6.45, 7) is 7.88. The van der Waals surface area contributed by atoms with Crippen LogP contribution in [0.25, 0.3) is 11.3 Å². The highest BCUT2D eigenvalue weighted by molar-refractivity contribution is 7.97. The largest absolute Gasteiger partial charge is 0.416 e. The van der Waals surface area contributed by atoms with E-state index in [4.69, 9.17) is 5.11 Å². The lowest BCUT2D eigenvalue weighted by Crippen LogP contribution is -2.47. The van der Waals surface area contributed by atoms with Crippen LogP contribution in [0.15, 0.2) is 30.6 Å². The van der Waals surface area contributed by atoms with Crippen molar-refractivity contribution in [3.8, 4) is 11.3 Å². The van der Waals surface area contributed by atoms with Crippen LogP contribution in [-0.2, 0) is 17.5 Å². The number of benzene rings is 1. The molecule has 0 atom stereocenters. The number of halogens is 3. The Bertz CT molecular complexity index is 1330. The van der Waals surface area contributed by atoms with E-state index in [0.717, 1.165) is 70.4 Å². The molecule has 1 fully saturated rings. The number of aliphatic hydroxyl groups is 1. The lowest BCUT2D eigenvalue weighted by Gasteiger charge is -2.34. The van der Waals surface area contributed by atoms with Crippen LogP contribution in [0.3, 0.4) is 0 Å². The van der Waals surface area contributed by atoms with Gasteiger partial charge in [-0.05, 0) is 37.1 Å². The molecular formula is C28H36F3N7O3S2. The van der Waals surface area contributed by atoms with Crippen LogP contribution in [0, 0.1) is 6.92 Å². The van der Waals surface area contributed by atoms with Gasteiger partial charge in [-0.15, -0.1) is 0 Å². The molecule has 15 heteroatoms. The number of aliphatic hydroxyl groups excluding tert-OH is 1. The van der Waals surface area contributed by atoms with Gasteiger partial charge in [-0.25, -0.2) is 15.0 Å². The van der Waals surface area contributed by atoms with Gasteiger partial charge in [0.2, 0.25) is 0 Å². The number of aryl methyl sites for hydroxylation is 1. The Labute approximate surface area is 257 Å². The summed E-state index contributed by atoms with van der Waals surface area (Å²) < 4.78 is 43.7. The van der Waals surface area contributed by atoms with Crippen molar-refractivity contribution in [2.75, 3.05) is 55.8 Å². The van der Waals surface area contributed by atoms with Crippen molar-refractivity contribution in [2.24, 2.45) is 0 Å². The third kappa shape index (κ3) is 9.96. The monoisotopic (exact) mass is 639 g/mol. The van der Waals surface area contributed by atoms with Crippen molar-refractivity contribution in [2.45, 2.75) is 39.4 Å². The molecule has 234 valence electrons. The molecule has 0 radical (unpaired) electrons. The minimum atomic E-state index is -4.49. The SMILES string of the molecule is CCCSNCc1sc(NC(=O)c2cnc(N3CCN(CCC=O)CC3)cn2)nc1-c1cc(C)cc(C(F)(F)F)c1.CO. The second-order valence-corrected chi connectivity index (χ2v) is 11.6. The number of aromatic nitrogens is 3. The molecule has 2 aromatic heterocycles. The number of carbonyl (C=O) groups is 2. The van der Waals surface area contributed by atoms with E-state index in [1.165, 1.54) is 29.5 Å². The lowest BCUT2D eigenvalue weighted by atomic mass is 10.0. The number of thiazole rings is 1. The molecule has 1 amide bonds. The molecule has 0 bridgehead atoms. The first-order valence-corrected chi connectivity index (χ1v) is 15.5. The zero-order valence-electron chi connectivity index (χ0n) is 24.3. The number of nitrogens with zero attached hydrogens (tertiary/aromatic N) is 5. The molecule has 1 saturated heterocycles. The average molecular weight is 640 g/mol. The first-order valence-electron chi connectivity index (χ1n) is 13.7. The molecule has 0 saturated carbocycles. The Morgan fingerprint density at radius 2 is 1.88 bits per heavy atom. The second-order valence-electron chi connectivity index (χ2n) is 9.54. The minimum Gasteiger partial charge on any atom is -0.400 e. The summed E-state index contributed by atoms with van der Waals surface area (Å²) in [6.07, 6.45) is 0.869. The lowest BCUT2D eigenvalue weighted by molar-refractivity contribution is -0.137. The van der Waals surface area contributed by atoms with E-state index in [1.54, 1.807) is 19.2 Å². The van der Waals surface area contributed by atoms with E-state index in [-0.39, 0.29) is 10.8 Å². The average Bonchev–Trinajstić information content (AvgIpc) is 3.41.